The van der Waals surface area contributed by atoms with Crippen LogP contribution in [0.3, 0.4) is 0 Å². The fraction of sp³-hybridized carbons (Fsp3) is 0.500. The second-order valence-electron chi connectivity index (χ2n) is 4.88. The average Bonchev–Trinajstić information content (AvgIpc) is 2.97. The van der Waals surface area contributed by atoms with E-state index < -0.39 is 0 Å². The lowest BCUT2D eigenvalue weighted by Crippen LogP contribution is -2.18. The summed E-state index contributed by atoms with van der Waals surface area (Å²) >= 11 is 6.34. The number of hydrogen-bond donors (Lipinski definition) is 1. The molecule has 2 aromatic rings. The highest BCUT2D eigenvalue weighted by Gasteiger charge is 2.23. The Hall–Kier alpha value is -1.06. The number of halogens is 1. The van der Waals surface area contributed by atoms with Crippen molar-refractivity contribution in [2.75, 3.05) is 6.54 Å². The smallest absolute Gasteiger partial charge is 0.127 e. The number of hydrogen-bond acceptors (Lipinski definition) is 2. The lowest BCUT2D eigenvalue weighted by Gasteiger charge is -2.13. The minimum atomic E-state index is 0.389. The molecular formula is C14H18ClN3. The monoisotopic (exact) mass is 263 g/mol. The first-order chi connectivity index (χ1) is 8.81. The lowest BCUT2D eigenvalue weighted by atomic mass is 10.2. The Labute approximate surface area is 112 Å². The summed E-state index contributed by atoms with van der Waals surface area (Å²) in [6.07, 6.45) is 3.49. The molecule has 1 aromatic heterocycles. The van der Waals surface area contributed by atoms with Crippen molar-refractivity contribution < 1.29 is 0 Å². The van der Waals surface area contributed by atoms with Crippen LogP contribution < -0.4 is 5.32 Å². The molecule has 1 aliphatic heterocycles. The van der Waals surface area contributed by atoms with Gasteiger partial charge in [0.05, 0.1) is 22.1 Å². The molecule has 1 aliphatic rings. The Bertz CT molecular complexity index is 555. The van der Waals surface area contributed by atoms with Crippen LogP contribution in [-0.4, -0.2) is 16.1 Å². The molecule has 1 N–H and O–H groups in total. The van der Waals surface area contributed by atoms with Crippen molar-refractivity contribution in [1.29, 1.82) is 0 Å². The van der Waals surface area contributed by atoms with Crippen LogP contribution in [0.5, 0.6) is 0 Å². The second-order valence-corrected chi connectivity index (χ2v) is 5.29. The van der Waals surface area contributed by atoms with Gasteiger partial charge in [0.15, 0.2) is 0 Å². The van der Waals surface area contributed by atoms with Crippen LogP contribution in [-0.2, 0) is 6.54 Å². The van der Waals surface area contributed by atoms with Crippen molar-refractivity contribution in [3.8, 4) is 0 Å². The van der Waals surface area contributed by atoms with Crippen molar-refractivity contribution in [3.05, 3.63) is 29.0 Å². The first kappa shape index (κ1) is 12.0. The molecule has 4 heteroatoms. The summed E-state index contributed by atoms with van der Waals surface area (Å²) in [4.78, 5) is 4.79. The van der Waals surface area contributed by atoms with E-state index in [2.05, 4.69) is 16.8 Å². The van der Waals surface area contributed by atoms with Gasteiger partial charge < -0.3 is 9.88 Å². The third-order valence-electron chi connectivity index (χ3n) is 3.57. The lowest BCUT2D eigenvalue weighted by molar-refractivity contribution is 0.550. The largest absolute Gasteiger partial charge is 0.325 e. The van der Waals surface area contributed by atoms with E-state index in [9.17, 15) is 0 Å². The minimum absolute atomic E-state index is 0.389. The predicted octanol–water partition coefficient (Wildman–Crippen LogP) is 3.52. The number of aryl methyl sites for hydroxylation is 1. The van der Waals surface area contributed by atoms with E-state index in [-0.39, 0.29) is 0 Å². The Kier molecular flexibility index (Phi) is 3.27. The van der Waals surface area contributed by atoms with Crippen molar-refractivity contribution >= 4 is 22.6 Å². The molecule has 1 atom stereocenters. The maximum Gasteiger partial charge on any atom is 0.127 e. The highest BCUT2D eigenvalue weighted by atomic mass is 35.5. The molecule has 1 unspecified atom stereocenters. The molecule has 3 nitrogen and oxygen atoms in total. The normalized spacial score (nSPS) is 19.8. The highest BCUT2D eigenvalue weighted by Crippen LogP contribution is 2.30. The van der Waals surface area contributed by atoms with E-state index in [1.807, 2.05) is 18.2 Å². The molecule has 0 radical (unpaired) electrons. The van der Waals surface area contributed by atoms with Gasteiger partial charge in [-0.15, -0.1) is 0 Å². The van der Waals surface area contributed by atoms with E-state index in [4.69, 9.17) is 16.6 Å². The number of benzene rings is 1. The zero-order chi connectivity index (χ0) is 12.5. The van der Waals surface area contributed by atoms with Crippen LogP contribution in [0.25, 0.3) is 11.0 Å². The second kappa shape index (κ2) is 4.90. The number of aromatic nitrogens is 2. The number of rotatable bonds is 3. The van der Waals surface area contributed by atoms with Gasteiger partial charge in [0, 0.05) is 6.54 Å². The molecule has 96 valence electrons. The van der Waals surface area contributed by atoms with E-state index in [1.165, 1.54) is 12.8 Å². The van der Waals surface area contributed by atoms with Crippen LogP contribution in [0, 0.1) is 0 Å². The van der Waals surface area contributed by atoms with Crippen LogP contribution in [0.1, 0.15) is 38.1 Å². The quantitative estimate of drug-likeness (QED) is 0.918. The van der Waals surface area contributed by atoms with Crippen molar-refractivity contribution in [3.63, 3.8) is 0 Å². The fourth-order valence-electron chi connectivity index (χ4n) is 2.78. The molecular weight excluding hydrogens is 246 g/mol. The fourth-order valence-corrected chi connectivity index (χ4v) is 3.05. The predicted molar refractivity (Wildman–Crippen MR) is 75.0 cm³/mol. The Morgan fingerprint density at radius 2 is 2.39 bits per heavy atom. The van der Waals surface area contributed by atoms with Gasteiger partial charge in [0.1, 0.15) is 5.82 Å². The van der Waals surface area contributed by atoms with Crippen LogP contribution in [0.2, 0.25) is 5.02 Å². The molecule has 18 heavy (non-hydrogen) atoms. The number of nitrogens with zero attached hydrogens (tertiary/aromatic N) is 2. The first-order valence-electron chi connectivity index (χ1n) is 6.69. The van der Waals surface area contributed by atoms with Crippen LogP contribution >= 0.6 is 11.6 Å². The average molecular weight is 264 g/mol. The molecule has 2 heterocycles. The van der Waals surface area contributed by atoms with E-state index in [0.717, 1.165) is 41.4 Å². The third-order valence-corrected chi connectivity index (χ3v) is 3.87. The number of imidazole rings is 1. The molecule has 1 saturated heterocycles. The van der Waals surface area contributed by atoms with Crippen LogP contribution in [0.15, 0.2) is 18.2 Å². The van der Waals surface area contributed by atoms with Gasteiger partial charge in [-0.05, 0) is 37.9 Å². The molecule has 1 aromatic carbocycles. The Balaban J connectivity index is 2.17. The van der Waals surface area contributed by atoms with E-state index in [0.29, 0.717) is 6.04 Å². The highest BCUT2D eigenvalue weighted by molar-refractivity contribution is 6.35. The van der Waals surface area contributed by atoms with Crippen LogP contribution in [0.4, 0.5) is 0 Å². The van der Waals surface area contributed by atoms with E-state index in [1.54, 1.807) is 0 Å². The van der Waals surface area contributed by atoms with Crippen molar-refractivity contribution in [2.45, 2.75) is 38.8 Å². The summed E-state index contributed by atoms with van der Waals surface area (Å²) in [6.45, 7) is 4.26. The maximum absolute atomic E-state index is 6.34. The van der Waals surface area contributed by atoms with Gasteiger partial charge in [-0.25, -0.2) is 4.98 Å². The van der Waals surface area contributed by atoms with Gasteiger partial charge >= 0.3 is 0 Å². The molecule has 0 spiro atoms. The molecule has 0 bridgehead atoms. The maximum atomic E-state index is 6.34. The van der Waals surface area contributed by atoms with Gasteiger partial charge in [-0.1, -0.05) is 24.6 Å². The van der Waals surface area contributed by atoms with Gasteiger partial charge in [0.2, 0.25) is 0 Å². The molecule has 0 amide bonds. The van der Waals surface area contributed by atoms with Gasteiger partial charge in [-0.2, -0.15) is 0 Å². The summed E-state index contributed by atoms with van der Waals surface area (Å²) in [7, 11) is 0. The number of nitrogens with one attached hydrogen (secondary N) is 1. The Morgan fingerprint density at radius 3 is 3.11 bits per heavy atom. The molecule has 1 fully saturated rings. The summed E-state index contributed by atoms with van der Waals surface area (Å²) in [5.41, 5.74) is 2.10. The SMILES string of the molecule is CCCn1c(C2CCCN2)nc2cccc(Cl)c21. The third kappa shape index (κ3) is 1.91. The first-order valence-corrected chi connectivity index (χ1v) is 7.07. The summed E-state index contributed by atoms with van der Waals surface area (Å²) < 4.78 is 2.29. The standard InChI is InChI=1S/C14H18ClN3/c1-2-9-18-13-10(15)5-3-6-11(13)17-14(18)12-7-4-8-16-12/h3,5-6,12,16H,2,4,7-9H2,1H3. The number of fused-ring (bicyclic) bond motifs is 1. The van der Waals surface area contributed by atoms with Gasteiger partial charge in [0.25, 0.3) is 0 Å². The molecule has 0 saturated carbocycles. The van der Waals surface area contributed by atoms with E-state index >= 15 is 0 Å². The van der Waals surface area contributed by atoms with Gasteiger partial charge in [-0.3, -0.25) is 0 Å². The Morgan fingerprint density at radius 1 is 1.50 bits per heavy atom. The summed E-state index contributed by atoms with van der Waals surface area (Å²) in [5.74, 6) is 1.15. The summed E-state index contributed by atoms with van der Waals surface area (Å²) in [6, 6.07) is 6.36. The molecule has 0 aliphatic carbocycles. The summed E-state index contributed by atoms with van der Waals surface area (Å²) in [5, 5.41) is 4.33. The minimum Gasteiger partial charge on any atom is -0.325 e. The van der Waals surface area contributed by atoms with Crippen molar-refractivity contribution in [2.24, 2.45) is 0 Å². The van der Waals surface area contributed by atoms with Crippen molar-refractivity contribution in [1.82, 2.24) is 14.9 Å². The zero-order valence-electron chi connectivity index (χ0n) is 10.6. The number of para-hydroxylation sites is 1. The zero-order valence-corrected chi connectivity index (χ0v) is 11.4. The topological polar surface area (TPSA) is 29.9 Å². The molecule has 3 rings (SSSR count).